The van der Waals surface area contributed by atoms with Crippen LogP contribution in [-0.2, 0) is 4.79 Å². The van der Waals surface area contributed by atoms with Gasteiger partial charge < -0.3 is 5.32 Å². The van der Waals surface area contributed by atoms with Crippen LogP contribution in [0.4, 0.5) is 0 Å². The fraction of sp³-hybridized carbons (Fsp3) is 0.182. The lowest BCUT2D eigenvalue weighted by Crippen LogP contribution is -2.14. The molecule has 0 fully saturated rings. The Balaban J connectivity index is 2.89. The average Bonchev–Trinajstić information content (AvgIpc) is 2.16. The van der Waals surface area contributed by atoms with Crippen molar-refractivity contribution in [3.63, 3.8) is 0 Å². The molecular formula is C11H11NO. The summed E-state index contributed by atoms with van der Waals surface area (Å²) in [4.78, 5) is 10.8. The molecule has 1 aromatic carbocycles. The number of nitrogens with one attached hydrogen (secondary N) is 1. The second-order valence-corrected chi connectivity index (χ2v) is 2.64. The molecule has 1 rings (SSSR count). The van der Waals surface area contributed by atoms with Gasteiger partial charge in [0.15, 0.2) is 0 Å². The summed E-state index contributed by atoms with van der Waals surface area (Å²) in [6, 6.07) is 7.71. The van der Waals surface area contributed by atoms with Crippen LogP contribution in [0.3, 0.4) is 0 Å². The van der Waals surface area contributed by atoms with E-state index in [4.69, 9.17) is 0 Å². The molecule has 0 heterocycles. The normalized spacial score (nSPS) is 8.46. The number of hydrogen-bond acceptors (Lipinski definition) is 1. The summed E-state index contributed by atoms with van der Waals surface area (Å²) >= 11 is 0. The van der Waals surface area contributed by atoms with Crippen molar-refractivity contribution >= 4 is 5.91 Å². The van der Waals surface area contributed by atoms with E-state index in [-0.39, 0.29) is 5.91 Å². The zero-order valence-corrected chi connectivity index (χ0v) is 7.72. The third kappa shape index (κ3) is 2.64. The molecule has 0 bridgehead atoms. The quantitative estimate of drug-likeness (QED) is 0.585. The van der Waals surface area contributed by atoms with E-state index in [0.717, 1.165) is 11.1 Å². The Morgan fingerprint density at radius 3 is 2.69 bits per heavy atom. The van der Waals surface area contributed by atoms with Crippen molar-refractivity contribution in [1.82, 2.24) is 5.32 Å². The third-order valence-corrected chi connectivity index (χ3v) is 1.68. The Hall–Kier alpha value is -1.75. The number of rotatable bonds is 0. The highest BCUT2D eigenvalue weighted by Gasteiger charge is 1.91. The largest absolute Gasteiger partial charge is 0.348 e. The first-order chi connectivity index (χ1) is 6.24. The van der Waals surface area contributed by atoms with Gasteiger partial charge in [0.25, 0.3) is 5.91 Å². The molecule has 1 amide bonds. The molecule has 0 spiro atoms. The number of hydrogen-bond donors (Lipinski definition) is 1. The van der Waals surface area contributed by atoms with Gasteiger partial charge in [-0.2, -0.15) is 0 Å². The molecule has 0 aromatic heterocycles. The molecule has 0 aliphatic carbocycles. The van der Waals surface area contributed by atoms with Gasteiger partial charge in [-0.25, -0.2) is 0 Å². The molecule has 2 nitrogen and oxygen atoms in total. The van der Waals surface area contributed by atoms with Crippen molar-refractivity contribution in [2.45, 2.75) is 6.92 Å². The first kappa shape index (κ1) is 9.34. The summed E-state index contributed by atoms with van der Waals surface area (Å²) in [5, 5.41) is 2.44. The molecular weight excluding hydrogens is 162 g/mol. The highest BCUT2D eigenvalue weighted by Crippen LogP contribution is 2.03. The van der Waals surface area contributed by atoms with Crippen molar-refractivity contribution in [3.8, 4) is 11.8 Å². The maximum Gasteiger partial charge on any atom is 0.295 e. The van der Waals surface area contributed by atoms with E-state index in [1.807, 2.05) is 31.2 Å². The summed E-state index contributed by atoms with van der Waals surface area (Å²) in [6.07, 6.45) is 0. The molecule has 0 aliphatic heterocycles. The summed E-state index contributed by atoms with van der Waals surface area (Å²) < 4.78 is 0. The van der Waals surface area contributed by atoms with E-state index in [0.29, 0.717) is 0 Å². The number of carbonyl (C=O) groups excluding carboxylic acids is 1. The topological polar surface area (TPSA) is 29.1 Å². The van der Waals surface area contributed by atoms with E-state index in [9.17, 15) is 4.79 Å². The van der Waals surface area contributed by atoms with Gasteiger partial charge >= 0.3 is 0 Å². The minimum absolute atomic E-state index is 0.261. The maximum atomic E-state index is 10.8. The van der Waals surface area contributed by atoms with E-state index < -0.39 is 0 Å². The van der Waals surface area contributed by atoms with Crippen LogP contribution in [-0.4, -0.2) is 13.0 Å². The molecule has 0 saturated carbocycles. The molecule has 0 saturated heterocycles. The van der Waals surface area contributed by atoms with Gasteiger partial charge in [0, 0.05) is 18.5 Å². The Bertz CT molecular complexity index is 371. The average molecular weight is 173 g/mol. The highest BCUT2D eigenvalue weighted by atomic mass is 16.1. The zero-order valence-electron chi connectivity index (χ0n) is 7.72. The van der Waals surface area contributed by atoms with Crippen LogP contribution >= 0.6 is 0 Å². The highest BCUT2D eigenvalue weighted by molar-refractivity contribution is 5.93. The fourth-order valence-corrected chi connectivity index (χ4v) is 0.900. The van der Waals surface area contributed by atoms with Gasteiger partial charge in [0.2, 0.25) is 0 Å². The van der Waals surface area contributed by atoms with Crippen LogP contribution < -0.4 is 5.32 Å². The van der Waals surface area contributed by atoms with Crippen molar-refractivity contribution in [2.24, 2.45) is 0 Å². The van der Waals surface area contributed by atoms with Crippen LogP contribution in [0.2, 0.25) is 0 Å². The van der Waals surface area contributed by atoms with Crippen LogP contribution in [0.25, 0.3) is 0 Å². The van der Waals surface area contributed by atoms with E-state index >= 15 is 0 Å². The van der Waals surface area contributed by atoms with Crippen LogP contribution in [0.1, 0.15) is 11.1 Å². The zero-order chi connectivity index (χ0) is 9.68. The van der Waals surface area contributed by atoms with Crippen molar-refractivity contribution in [3.05, 3.63) is 35.4 Å². The third-order valence-electron chi connectivity index (χ3n) is 1.68. The van der Waals surface area contributed by atoms with Crippen molar-refractivity contribution in [1.29, 1.82) is 0 Å². The lowest BCUT2D eigenvalue weighted by molar-refractivity contribution is -0.115. The van der Waals surface area contributed by atoms with E-state index in [1.165, 1.54) is 0 Å². The molecule has 2 heteroatoms. The lowest BCUT2D eigenvalue weighted by atomic mass is 10.1. The summed E-state index contributed by atoms with van der Waals surface area (Å²) in [7, 11) is 1.56. The number of aryl methyl sites for hydroxylation is 1. The Labute approximate surface area is 78.0 Å². The second kappa shape index (κ2) is 4.32. The first-order valence-electron chi connectivity index (χ1n) is 4.03. The number of benzene rings is 1. The maximum absolute atomic E-state index is 10.8. The molecule has 66 valence electrons. The molecule has 1 aromatic rings. The molecule has 0 radical (unpaired) electrons. The molecule has 1 N–H and O–H groups in total. The minimum atomic E-state index is -0.261. The molecule has 13 heavy (non-hydrogen) atoms. The summed E-state index contributed by atoms with van der Waals surface area (Å²) in [5.74, 6) is 5.03. The lowest BCUT2D eigenvalue weighted by Gasteiger charge is -1.94. The van der Waals surface area contributed by atoms with Gasteiger partial charge in [-0.1, -0.05) is 24.1 Å². The Morgan fingerprint density at radius 1 is 1.38 bits per heavy atom. The fourth-order valence-electron chi connectivity index (χ4n) is 0.900. The second-order valence-electron chi connectivity index (χ2n) is 2.64. The minimum Gasteiger partial charge on any atom is -0.348 e. The van der Waals surface area contributed by atoms with Gasteiger partial charge in [0.05, 0.1) is 0 Å². The Kier molecular flexibility index (Phi) is 3.10. The van der Waals surface area contributed by atoms with Crippen molar-refractivity contribution in [2.75, 3.05) is 7.05 Å². The van der Waals surface area contributed by atoms with E-state index in [2.05, 4.69) is 17.2 Å². The van der Waals surface area contributed by atoms with Crippen LogP contribution in [0, 0.1) is 18.8 Å². The first-order valence-corrected chi connectivity index (χ1v) is 4.03. The van der Waals surface area contributed by atoms with Crippen molar-refractivity contribution < 1.29 is 4.79 Å². The standard InChI is InChI=1S/C11H11NO/c1-9-5-3-4-6-10(9)7-8-11(13)12-2/h3-6H,1-2H3,(H,12,13). The Morgan fingerprint density at radius 2 is 2.08 bits per heavy atom. The monoisotopic (exact) mass is 173 g/mol. The SMILES string of the molecule is CNC(=O)C#Cc1ccccc1C. The summed E-state index contributed by atoms with van der Waals surface area (Å²) in [5.41, 5.74) is 1.98. The smallest absolute Gasteiger partial charge is 0.295 e. The van der Waals surface area contributed by atoms with Gasteiger partial charge in [-0.15, -0.1) is 0 Å². The molecule has 0 unspecified atom stereocenters. The predicted molar refractivity (Wildman–Crippen MR) is 52.1 cm³/mol. The number of carbonyl (C=O) groups is 1. The van der Waals surface area contributed by atoms with Crippen LogP contribution in [0.5, 0.6) is 0 Å². The number of amides is 1. The van der Waals surface area contributed by atoms with Crippen LogP contribution in [0.15, 0.2) is 24.3 Å². The van der Waals surface area contributed by atoms with Gasteiger partial charge in [-0.3, -0.25) is 4.79 Å². The van der Waals surface area contributed by atoms with Gasteiger partial charge in [-0.05, 0) is 18.6 Å². The predicted octanol–water partition coefficient (Wildman–Crippen LogP) is 1.09. The summed E-state index contributed by atoms with van der Waals surface area (Å²) in [6.45, 7) is 1.97. The molecule has 0 aliphatic rings. The van der Waals surface area contributed by atoms with Gasteiger partial charge in [0.1, 0.15) is 0 Å². The molecule has 0 atom stereocenters. The van der Waals surface area contributed by atoms with E-state index in [1.54, 1.807) is 7.05 Å².